The van der Waals surface area contributed by atoms with E-state index in [0.29, 0.717) is 0 Å². The summed E-state index contributed by atoms with van der Waals surface area (Å²) in [5.74, 6) is 0. The smallest absolute Gasteiger partial charge is 0.0955 e. The molecule has 0 saturated heterocycles. The number of benzene rings is 6. The maximum atomic E-state index is 5.13. The van der Waals surface area contributed by atoms with Crippen LogP contribution in [0.25, 0.3) is 99.4 Å². The van der Waals surface area contributed by atoms with E-state index in [-0.39, 0.29) is 0 Å². The van der Waals surface area contributed by atoms with Crippen LogP contribution in [0.15, 0.2) is 146 Å². The minimum atomic E-state index is 0.941. The Morgan fingerprint density at radius 3 is 1.18 bits per heavy atom. The van der Waals surface area contributed by atoms with Gasteiger partial charge in [-0.3, -0.25) is 0 Å². The highest BCUT2D eigenvalue weighted by molar-refractivity contribution is 6.26. The van der Waals surface area contributed by atoms with Gasteiger partial charge in [-0.25, -0.2) is 19.9 Å². The zero-order valence-electron chi connectivity index (χ0n) is 27.5. The zero-order valence-corrected chi connectivity index (χ0v) is 27.5. The van der Waals surface area contributed by atoms with E-state index < -0.39 is 0 Å². The molecule has 6 heteroatoms. The molecule has 50 heavy (non-hydrogen) atoms. The molecule has 0 atom stereocenters. The molecule has 0 radical (unpaired) electrons. The number of fused-ring (bicyclic) bond motifs is 8. The van der Waals surface area contributed by atoms with Crippen LogP contribution in [0.3, 0.4) is 0 Å². The monoisotopic (exact) mass is 642 g/mol. The van der Waals surface area contributed by atoms with Crippen molar-refractivity contribution in [2.45, 2.75) is 0 Å². The van der Waals surface area contributed by atoms with E-state index in [9.17, 15) is 0 Å². The Morgan fingerprint density at radius 2 is 0.740 bits per heavy atom. The van der Waals surface area contributed by atoms with Crippen LogP contribution in [0.2, 0.25) is 0 Å². The minimum absolute atomic E-state index is 0.941. The summed E-state index contributed by atoms with van der Waals surface area (Å²) in [5.41, 5.74) is 12.3. The number of imidazole rings is 2. The van der Waals surface area contributed by atoms with Gasteiger partial charge in [-0.2, -0.15) is 0 Å². The highest BCUT2D eigenvalue weighted by Gasteiger charge is 2.14. The van der Waals surface area contributed by atoms with Crippen molar-refractivity contribution in [3.8, 4) is 45.0 Å². The molecule has 10 rings (SSSR count). The molecule has 0 N–H and O–H groups in total. The maximum absolute atomic E-state index is 5.13. The Labute approximate surface area is 288 Å². The Kier molecular flexibility index (Phi) is 6.20. The summed E-state index contributed by atoms with van der Waals surface area (Å²) in [7, 11) is 4.04. The molecule has 0 bridgehead atoms. The predicted molar refractivity (Wildman–Crippen MR) is 205 cm³/mol. The Balaban J connectivity index is 1.08. The molecule has 6 nitrogen and oxygen atoms in total. The van der Waals surface area contributed by atoms with Gasteiger partial charge in [0.05, 0.1) is 57.5 Å². The molecule has 0 spiro atoms. The zero-order chi connectivity index (χ0) is 33.3. The van der Waals surface area contributed by atoms with Crippen LogP contribution in [0.4, 0.5) is 0 Å². The van der Waals surface area contributed by atoms with Crippen molar-refractivity contribution < 1.29 is 0 Å². The van der Waals surface area contributed by atoms with Crippen LogP contribution >= 0.6 is 0 Å². The Bertz CT molecular complexity index is 2750. The number of pyridine rings is 2. The molecule has 0 amide bonds. The normalized spacial score (nSPS) is 11.8. The highest BCUT2D eigenvalue weighted by Crippen LogP contribution is 2.39. The number of hydrogen-bond donors (Lipinski definition) is 0. The third-order valence-electron chi connectivity index (χ3n) is 9.97. The third kappa shape index (κ3) is 4.49. The molecular weight excluding hydrogens is 613 g/mol. The van der Waals surface area contributed by atoms with Crippen molar-refractivity contribution in [1.29, 1.82) is 0 Å². The molecule has 0 unspecified atom stereocenters. The summed E-state index contributed by atoms with van der Waals surface area (Å²) in [4.78, 5) is 19.2. The quantitative estimate of drug-likeness (QED) is 0.179. The first kappa shape index (κ1) is 28.4. The van der Waals surface area contributed by atoms with Gasteiger partial charge < -0.3 is 9.13 Å². The van der Waals surface area contributed by atoms with Gasteiger partial charge in [0.1, 0.15) is 0 Å². The van der Waals surface area contributed by atoms with Gasteiger partial charge >= 0.3 is 0 Å². The van der Waals surface area contributed by atoms with E-state index in [1.165, 1.54) is 32.3 Å². The summed E-state index contributed by atoms with van der Waals surface area (Å²) in [5, 5.41) is 7.31. The highest BCUT2D eigenvalue weighted by atomic mass is 15.0. The van der Waals surface area contributed by atoms with Gasteiger partial charge in [0.25, 0.3) is 0 Å². The molecule has 6 aromatic carbocycles. The fourth-order valence-corrected chi connectivity index (χ4v) is 7.36. The number of hydrogen-bond acceptors (Lipinski definition) is 4. The largest absolute Gasteiger partial charge is 0.334 e. The topological polar surface area (TPSA) is 61.4 Å². The molecular formula is C44H30N6. The van der Waals surface area contributed by atoms with Crippen molar-refractivity contribution in [2.24, 2.45) is 14.1 Å². The maximum Gasteiger partial charge on any atom is 0.0955 e. The van der Waals surface area contributed by atoms with Crippen LogP contribution in [-0.4, -0.2) is 29.1 Å². The second kappa shape index (κ2) is 10.9. The Morgan fingerprint density at radius 1 is 0.360 bits per heavy atom. The summed E-state index contributed by atoms with van der Waals surface area (Å²) in [6, 6.07) is 47.4. The van der Waals surface area contributed by atoms with E-state index in [2.05, 4.69) is 143 Å². The van der Waals surface area contributed by atoms with Crippen molar-refractivity contribution in [1.82, 2.24) is 29.1 Å². The summed E-state index contributed by atoms with van der Waals surface area (Å²) in [6.07, 6.45) is 3.70. The van der Waals surface area contributed by atoms with Gasteiger partial charge in [-0.1, -0.05) is 72.8 Å². The molecule has 4 aromatic heterocycles. The van der Waals surface area contributed by atoms with Crippen LogP contribution in [0.5, 0.6) is 0 Å². The van der Waals surface area contributed by atoms with E-state index in [4.69, 9.17) is 9.97 Å². The first-order valence-corrected chi connectivity index (χ1v) is 16.7. The first-order chi connectivity index (χ1) is 24.6. The minimum Gasteiger partial charge on any atom is -0.334 e. The van der Waals surface area contributed by atoms with Gasteiger partial charge in [-0.05, 0) is 93.0 Å². The van der Waals surface area contributed by atoms with Crippen molar-refractivity contribution in [2.75, 3.05) is 0 Å². The Hall–Kier alpha value is -6.66. The summed E-state index contributed by atoms with van der Waals surface area (Å²) >= 11 is 0. The molecule has 4 heterocycles. The lowest BCUT2D eigenvalue weighted by atomic mass is 9.91. The third-order valence-corrected chi connectivity index (χ3v) is 9.97. The van der Waals surface area contributed by atoms with Gasteiger partial charge in [0, 0.05) is 36.3 Å². The number of rotatable bonds is 4. The van der Waals surface area contributed by atoms with E-state index >= 15 is 0 Å². The van der Waals surface area contributed by atoms with Crippen molar-refractivity contribution in [3.63, 3.8) is 0 Å². The fourth-order valence-electron chi connectivity index (χ4n) is 7.36. The number of aromatic nitrogens is 6. The second-order valence-corrected chi connectivity index (χ2v) is 13.0. The predicted octanol–water partition coefficient (Wildman–Crippen LogP) is 10.4. The van der Waals surface area contributed by atoms with E-state index in [1.54, 1.807) is 0 Å². The SMILES string of the molecule is Cn1cnc2ccc(-c3cccc(-c4ccc5c6ccc(-c7cccc(-c8ccc9ncn(C)c9c8)n7)cc6c6ccccc6c5c4)n3)cc21. The molecule has 10 aromatic rings. The molecule has 0 aliphatic heterocycles. The number of aryl methyl sites for hydroxylation is 2. The van der Waals surface area contributed by atoms with E-state index in [0.717, 1.165) is 67.1 Å². The summed E-state index contributed by atoms with van der Waals surface area (Å²) < 4.78 is 4.09. The lowest BCUT2D eigenvalue weighted by molar-refractivity contribution is 0.948. The lowest BCUT2D eigenvalue weighted by Crippen LogP contribution is -1.91. The molecule has 0 aliphatic rings. The molecule has 236 valence electrons. The number of nitrogens with zero attached hydrogens (tertiary/aromatic N) is 6. The average molecular weight is 643 g/mol. The molecule has 0 saturated carbocycles. The van der Waals surface area contributed by atoms with Crippen LogP contribution in [0, 0.1) is 0 Å². The van der Waals surface area contributed by atoms with Crippen LogP contribution in [-0.2, 0) is 14.1 Å². The second-order valence-electron chi connectivity index (χ2n) is 13.0. The van der Waals surface area contributed by atoms with Gasteiger partial charge in [0.2, 0.25) is 0 Å². The van der Waals surface area contributed by atoms with Crippen LogP contribution in [0.1, 0.15) is 0 Å². The van der Waals surface area contributed by atoms with Gasteiger partial charge in [0.15, 0.2) is 0 Å². The molecule has 0 aliphatic carbocycles. The van der Waals surface area contributed by atoms with Crippen molar-refractivity contribution in [3.05, 3.63) is 146 Å². The first-order valence-electron chi connectivity index (χ1n) is 16.7. The molecule has 0 fully saturated rings. The van der Waals surface area contributed by atoms with Gasteiger partial charge in [-0.15, -0.1) is 0 Å². The fraction of sp³-hybridized carbons (Fsp3) is 0.0455. The average Bonchev–Trinajstić information content (AvgIpc) is 3.75. The lowest BCUT2D eigenvalue weighted by Gasteiger charge is -2.14. The van der Waals surface area contributed by atoms with Crippen molar-refractivity contribution >= 4 is 54.4 Å². The van der Waals surface area contributed by atoms with Crippen LogP contribution < -0.4 is 0 Å². The van der Waals surface area contributed by atoms with E-state index in [1.807, 2.05) is 35.9 Å². The summed E-state index contributed by atoms with van der Waals surface area (Å²) in [6.45, 7) is 0. The standard InChI is InChI=1S/C44H30N6/c1-49-25-45-41-19-15-29(23-43(41)49)39-11-5-9-37(47-39)27-13-17-33-34-18-14-28(22-36(34)32-8-4-3-7-31(32)35(33)21-27)38-10-6-12-40(48-38)30-16-20-42-44(24-30)50(2)26-46-42/h3-26H,1-2H3.